The van der Waals surface area contributed by atoms with E-state index in [1.807, 2.05) is 23.9 Å². The van der Waals surface area contributed by atoms with Gasteiger partial charge >= 0.3 is 0 Å². The molecule has 0 saturated carbocycles. The first-order valence-corrected chi connectivity index (χ1v) is 9.42. The lowest BCUT2D eigenvalue weighted by molar-refractivity contribution is 0.509. The first kappa shape index (κ1) is 15.4. The van der Waals surface area contributed by atoms with Crippen LogP contribution < -0.4 is 0 Å². The van der Waals surface area contributed by atoms with Crippen LogP contribution in [-0.4, -0.2) is 22.5 Å². The van der Waals surface area contributed by atoms with Gasteiger partial charge in [0, 0.05) is 15.8 Å². The van der Waals surface area contributed by atoms with Crippen LogP contribution in [0.4, 0.5) is 0 Å². The first-order chi connectivity index (χ1) is 11.6. The lowest BCUT2D eigenvalue weighted by Crippen LogP contribution is -2.30. The smallest absolute Gasteiger partial charge is 0.0913 e. The van der Waals surface area contributed by atoms with Crippen LogP contribution >= 0.6 is 11.8 Å². The van der Waals surface area contributed by atoms with E-state index in [-0.39, 0.29) is 5.54 Å². The standard InChI is InChI=1S/C21H20N2S/c1-21(2)13-16-15(8-6-10-19(16)24-3)20(23-21)18-12-11-14-7-4-5-9-17(14)22-18/h4-12H,13H2,1-3H3. The largest absolute Gasteiger partial charge is 0.276 e. The highest BCUT2D eigenvalue weighted by molar-refractivity contribution is 7.98. The second kappa shape index (κ2) is 5.75. The van der Waals surface area contributed by atoms with Crippen molar-refractivity contribution in [1.82, 2.24) is 4.98 Å². The maximum Gasteiger partial charge on any atom is 0.0913 e. The lowest BCUT2D eigenvalue weighted by atomic mass is 9.86. The van der Waals surface area contributed by atoms with E-state index in [0.717, 1.165) is 28.7 Å². The summed E-state index contributed by atoms with van der Waals surface area (Å²) in [6.45, 7) is 4.40. The molecule has 120 valence electrons. The van der Waals surface area contributed by atoms with Crippen molar-refractivity contribution in [1.29, 1.82) is 0 Å². The molecule has 2 aromatic carbocycles. The second-order valence-electron chi connectivity index (χ2n) is 6.83. The van der Waals surface area contributed by atoms with Crippen LogP contribution in [0, 0.1) is 0 Å². The van der Waals surface area contributed by atoms with Crippen LogP contribution in [0.5, 0.6) is 0 Å². The predicted molar refractivity (Wildman–Crippen MR) is 103 cm³/mol. The Labute approximate surface area is 147 Å². The van der Waals surface area contributed by atoms with Crippen molar-refractivity contribution in [2.24, 2.45) is 4.99 Å². The van der Waals surface area contributed by atoms with Crippen molar-refractivity contribution < 1.29 is 0 Å². The van der Waals surface area contributed by atoms with Gasteiger partial charge in [-0.05, 0) is 50.3 Å². The molecule has 3 heteroatoms. The summed E-state index contributed by atoms with van der Waals surface area (Å²) in [5.74, 6) is 0. The average molecular weight is 332 g/mol. The predicted octanol–water partition coefficient (Wildman–Crippen LogP) is 5.13. The molecule has 24 heavy (non-hydrogen) atoms. The van der Waals surface area contributed by atoms with Gasteiger partial charge in [0.25, 0.3) is 0 Å². The molecule has 3 aromatic rings. The van der Waals surface area contributed by atoms with Gasteiger partial charge in [-0.1, -0.05) is 36.4 Å². The van der Waals surface area contributed by atoms with Gasteiger partial charge < -0.3 is 0 Å². The van der Waals surface area contributed by atoms with Crippen molar-refractivity contribution in [2.75, 3.05) is 6.26 Å². The molecule has 0 atom stereocenters. The topological polar surface area (TPSA) is 25.2 Å². The number of rotatable bonds is 2. The zero-order valence-corrected chi connectivity index (χ0v) is 15.0. The van der Waals surface area contributed by atoms with Crippen LogP contribution in [0.3, 0.4) is 0 Å². The SMILES string of the molecule is CSc1cccc2c1CC(C)(C)N=C2c1ccc2ccccc2n1. The zero-order chi connectivity index (χ0) is 16.7. The maximum atomic E-state index is 5.05. The third-order valence-electron chi connectivity index (χ3n) is 4.47. The summed E-state index contributed by atoms with van der Waals surface area (Å²) >= 11 is 1.81. The second-order valence-corrected chi connectivity index (χ2v) is 7.67. The number of hydrogen-bond donors (Lipinski definition) is 0. The number of aromatic nitrogens is 1. The monoisotopic (exact) mass is 332 g/mol. The molecule has 2 nitrogen and oxygen atoms in total. The van der Waals surface area contributed by atoms with Gasteiger partial charge in [-0.2, -0.15) is 0 Å². The van der Waals surface area contributed by atoms with Crippen LogP contribution in [0.2, 0.25) is 0 Å². The molecule has 0 radical (unpaired) electrons. The molecule has 1 aliphatic heterocycles. The number of aliphatic imine (C=N–C) groups is 1. The van der Waals surface area contributed by atoms with Crippen LogP contribution in [0.25, 0.3) is 10.9 Å². The van der Waals surface area contributed by atoms with Gasteiger partial charge in [0.1, 0.15) is 0 Å². The maximum absolute atomic E-state index is 5.05. The van der Waals surface area contributed by atoms with Gasteiger partial charge in [-0.15, -0.1) is 11.8 Å². The Balaban J connectivity index is 1.94. The van der Waals surface area contributed by atoms with Crippen LogP contribution in [0.15, 0.2) is 64.5 Å². The highest BCUT2D eigenvalue weighted by Gasteiger charge is 2.29. The number of thioether (sulfide) groups is 1. The summed E-state index contributed by atoms with van der Waals surface area (Å²) in [4.78, 5) is 11.3. The molecule has 0 fully saturated rings. The van der Waals surface area contributed by atoms with E-state index in [1.165, 1.54) is 16.0 Å². The van der Waals surface area contributed by atoms with Crippen molar-refractivity contribution in [3.63, 3.8) is 0 Å². The molecular weight excluding hydrogens is 312 g/mol. The van der Waals surface area contributed by atoms with Crippen molar-refractivity contribution in [3.8, 4) is 0 Å². The number of fused-ring (bicyclic) bond motifs is 2. The summed E-state index contributed by atoms with van der Waals surface area (Å²) in [7, 11) is 0. The number of nitrogens with zero attached hydrogens (tertiary/aromatic N) is 2. The summed E-state index contributed by atoms with van der Waals surface area (Å²) < 4.78 is 0. The molecule has 0 aliphatic carbocycles. The Bertz CT molecular complexity index is 957. The Morgan fingerprint density at radius 2 is 1.79 bits per heavy atom. The van der Waals surface area contributed by atoms with E-state index in [9.17, 15) is 0 Å². The fourth-order valence-corrected chi connectivity index (χ4v) is 4.03. The van der Waals surface area contributed by atoms with E-state index in [1.54, 1.807) is 0 Å². The van der Waals surface area contributed by atoms with Crippen molar-refractivity contribution in [2.45, 2.75) is 30.7 Å². The Morgan fingerprint density at radius 3 is 2.62 bits per heavy atom. The summed E-state index contributed by atoms with van der Waals surface area (Å²) in [6.07, 6.45) is 3.11. The van der Waals surface area contributed by atoms with Crippen molar-refractivity contribution >= 4 is 28.4 Å². The fraction of sp³-hybridized carbons (Fsp3) is 0.238. The van der Waals surface area contributed by atoms with Crippen molar-refractivity contribution in [3.05, 3.63) is 71.4 Å². The van der Waals surface area contributed by atoms with Gasteiger partial charge in [-0.25, -0.2) is 4.98 Å². The molecule has 4 rings (SSSR count). The minimum absolute atomic E-state index is 0.110. The van der Waals surface area contributed by atoms with Gasteiger partial charge in [0.2, 0.25) is 0 Å². The Morgan fingerprint density at radius 1 is 0.958 bits per heavy atom. The van der Waals surface area contributed by atoms with E-state index < -0.39 is 0 Å². The molecule has 0 amide bonds. The Hall–Kier alpha value is -2.13. The molecular formula is C21H20N2S. The van der Waals surface area contributed by atoms with Gasteiger partial charge in [0.05, 0.1) is 22.5 Å². The van der Waals surface area contributed by atoms with E-state index in [2.05, 4.69) is 62.6 Å². The number of hydrogen-bond acceptors (Lipinski definition) is 3. The molecule has 1 aromatic heterocycles. The normalized spacial score (nSPS) is 15.9. The summed E-state index contributed by atoms with van der Waals surface area (Å²) in [6, 6.07) is 19.0. The third kappa shape index (κ3) is 2.63. The fourth-order valence-electron chi connectivity index (χ4n) is 3.39. The minimum Gasteiger partial charge on any atom is -0.276 e. The average Bonchev–Trinajstić information content (AvgIpc) is 2.59. The molecule has 0 spiro atoms. The zero-order valence-electron chi connectivity index (χ0n) is 14.2. The van der Waals surface area contributed by atoms with Gasteiger partial charge in [-0.3, -0.25) is 4.99 Å². The number of para-hydroxylation sites is 1. The summed E-state index contributed by atoms with van der Waals surface area (Å²) in [5, 5.41) is 1.16. The highest BCUT2D eigenvalue weighted by Crippen LogP contribution is 2.34. The molecule has 2 heterocycles. The third-order valence-corrected chi connectivity index (χ3v) is 5.30. The van der Waals surface area contributed by atoms with E-state index in [0.29, 0.717) is 0 Å². The molecule has 0 saturated heterocycles. The van der Waals surface area contributed by atoms with Crippen LogP contribution in [0.1, 0.15) is 30.7 Å². The quantitative estimate of drug-likeness (QED) is 0.608. The molecule has 1 aliphatic rings. The molecule has 0 N–H and O–H groups in total. The van der Waals surface area contributed by atoms with Gasteiger partial charge in [0.15, 0.2) is 0 Å². The Kier molecular flexibility index (Phi) is 3.69. The van der Waals surface area contributed by atoms with E-state index >= 15 is 0 Å². The van der Waals surface area contributed by atoms with Crippen LogP contribution in [-0.2, 0) is 6.42 Å². The number of benzene rings is 2. The molecule has 0 bridgehead atoms. The lowest BCUT2D eigenvalue weighted by Gasteiger charge is -2.30. The first-order valence-electron chi connectivity index (χ1n) is 8.20. The molecule has 0 unspecified atom stereocenters. The summed E-state index contributed by atoms with van der Waals surface area (Å²) in [5.41, 5.74) is 5.51. The highest BCUT2D eigenvalue weighted by atomic mass is 32.2. The number of pyridine rings is 1. The van der Waals surface area contributed by atoms with E-state index in [4.69, 9.17) is 9.98 Å². The minimum atomic E-state index is -0.110.